The summed E-state index contributed by atoms with van der Waals surface area (Å²) in [6.45, 7) is 14.8. The molecule has 4 aliphatic rings. The molecule has 0 saturated heterocycles. The minimum Gasteiger partial charge on any atom is -0.393 e. The summed E-state index contributed by atoms with van der Waals surface area (Å²) < 4.78 is 0. The monoisotopic (exact) mass is 412 g/mol. The van der Waals surface area contributed by atoms with Gasteiger partial charge in [-0.25, -0.2) is 0 Å². The van der Waals surface area contributed by atoms with E-state index in [-0.39, 0.29) is 6.10 Å². The molecule has 4 rings (SSSR count). The highest BCUT2D eigenvalue weighted by Gasteiger charge is 2.58. The molecule has 1 nitrogen and oxygen atoms in total. The van der Waals surface area contributed by atoms with Crippen molar-refractivity contribution < 1.29 is 5.11 Å². The van der Waals surface area contributed by atoms with Gasteiger partial charge in [-0.3, -0.25) is 0 Å². The number of fused-ring (bicyclic) bond motifs is 5. The smallest absolute Gasteiger partial charge is 0.0577 e. The second-order valence-corrected chi connectivity index (χ2v) is 12.4. The third-order valence-corrected chi connectivity index (χ3v) is 10.8. The lowest BCUT2D eigenvalue weighted by atomic mass is 9.47. The first kappa shape index (κ1) is 22.6. The van der Waals surface area contributed by atoms with Crippen LogP contribution >= 0.6 is 0 Å². The van der Waals surface area contributed by atoms with Crippen molar-refractivity contribution in [2.45, 2.75) is 105 Å². The third kappa shape index (κ3) is 3.66. The van der Waals surface area contributed by atoms with Crippen molar-refractivity contribution in [3.05, 3.63) is 23.8 Å². The van der Waals surface area contributed by atoms with Gasteiger partial charge in [0.05, 0.1) is 6.10 Å². The van der Waals surface area contributed by atoms with Crippen LogP contribution in [0.5, 0.6) is 0 Å². The number of aliphatic hydroxyl groups is 1. The van der Waals surface area contributed by atoms with Crippen LogP contribution in [0.3, 0.4) is 0 Å². The summed E-state index contributed by atoms with van der Waals surface area (Å²) in [6, 6.07) is 0. The van der Waals surface area contributed by atoms with Crippen molar-refractivity contribution in [1.29, 1.82) is 0 Å². The Bertz CT molecular complexity index is 674. The van der Waals surface area contributed by atoms with Crippen LogP contribution in [0.1, 0.15) is 99.3 Å². The van der Waals surface area contributed by atoms with Crippen molar-refractivity contribution in [1.82, 2.24) is 0 Å². The Kier molecular flexibility index (Phi) is 6.35. The van der Waals surface area contributed by atoms with Crippen LogP contribution in [0.2, 0.25) is 0 Å². The van der Waals surface area contributed by atoms with Gasteiger partial charge in [-0.05, 0) is 110 Å². The van der Waals surface area contributed by atoms with E-state index in [9.17, 15) is 5.11 Å². The fourth-order valence-electron chi connectivity index (χ4n) is 8.83. The number of aliphatic hydroxyl groups excluding tert-OH is 1. The van der Waals surface area contributed by atoms with Crippen LogP contribution in [0, 0.1) is 52.3 Å². The van der Waals surface area contributed by atoms with E-state index in [0.29, 0.717) is 16.7 Å². The third-order valence-electron chi connectivity index (χ3n) is 10.8. The lowest BCUT2D eigenvalue weighted by Crippen LogP contribution is -2.50. The van der Waals surface area contributed by atoms with Gasteiger partial charge in [-0.15, -0.1) is 0 Å². The molecule has 0 radical (unpaired) electrons. The van der Waals surface area contributed by atoms with Gasteiger partial charge >= 0.3 is 0 Å². The van der Waals surface area contributed by atoms with E-state index in [2.05, 4.69) is 59.8 Å². The molecule has 0 amide bonds. The zero-order valence-corrected chi connectivity index (χ0v) is 20.7. The molecule has 1 heteroatoms. The minimum atomic E-state index is -0.0870. The highest BCUT2D eigenvalue weighted by molar-refractivity contribution is 5.25. The lowest BCUT2D eigenvalue weighted by Gasteiger charge is -2.58. The maximum absolute atomic E-state index is 10.2. The van der Waals surface area contributed by atoms with Gasteiger partial charge in [-0.1, -0.05) is 65.3 Å². The molecule has 3 saturated carbocycles. The Morgan fingerprint density at radius 1 is 1.03 bits per heavy atom. The molecule has 170 valence electrons. The van der Waals surface area contributed by atoms with Gasteiger partial charge in [0.2, 0.25) is 0 Å². The largest absolute Gasteiger partial charge is 0.393 e. The van der Waals surface area contributed by atoms with Crippen LogP contribution in [0.25, 0.3) is 0 Å². The Morgan fingerprint density at radius 3 is 2.50 bits per heavy atom. The molecule has 0 bridgehead atoms. The zero-order chi connectivity index (χ0) is 21.7. The van der Waals surface area contributed by atoms with Gasteiger partial charge in [-0.2, -0.15) is 0 Å². The fraction of sp³-hybridized carbons (Fsp3) is 0.862. The summed E-state index contributed by atoms with van der Waals surface area (Å²) in [6.07, 6.45) is 19.1. The fourth-order valence-corrected chi connectivity index (χ4v) is 8.83. The Morgan fingerprint density at radius 2 is 1.80 bits per heavy atom. The molecule has 3 fully saturated rings. The van der Waals surface area contributed by atoms with Crippen LogP contribution in [-0.4, -0.2) is 11.2 Å². The first-order valence-corrected chi connectivity index (χ1v) is 13.3. The molecule has 4 aliphatic carbocycles. The van der Waals surface area contributed by atoms with E-state index in [4.69, 9.17) is 0 Å². The highest BCUT2D eigenvalue weighted by atomic mass is 16.3. The average molecular weight is 413 g/mol. The normalized spacial score (nSPS) is 45.6. The predicted octanol–water partition coefficient (Wildman–Crippen LogP) is 7.80. The second kappa shape index (κ2) is 8.42. The number of hydrogen-bond acceptors (Lipinski definition) is 1. The van der Waals surface area contributed by atoms with Crippen LogP contribution in [-0.2, 0) is 0 Å². The quantitative estimate of drug-likeness (QED) is 0.457. The molecule has 0 aromatic heterocycles. The van der Waals surface area contributed by atoms with Crippen LogP contribution in [0.4, 0.5) is 0 Å². The maximum Gasteiger partial charge on any atom is 0.0577 e. The molecule has 9 atom stereocenters. The predicted molar refractivity (Wildman–Crippen MR) is 128 cm³/mol. The van der Waals surface area contributed by atoms with Crippen LogP contribution in [0.15, 0.2) is 23.8 Å². The zero-order valence-electron chi connectivity index (χ0n) is 20.7. The topological polar surface area (TPSA) is 20.2 Å². The van der Waals surface area contributed by atoms with Crippen LogP contribution < -0.4 is 0 Å². The first-order valence-electron chi connectivity index (χ1n) is 13.3. The molecule has 0 aromatic rings. The van der Waals surface area contributed by atoms with E-state index >= 15 is 0 Å². The van der Waals surface area contributed by atoms with Gasteiger partial charge in [0, 0.05) is 0 Å². The van der Waals surface area contributed by atoms with E-state index < -0.39 is 0 Å². The summed E-state index contributed by atoms with van der Waals surface area (Å²) in [5.41, 5.74) is 2.51. The van der Waals surface area contributed by atoms with Gasteiger partial charge < -0.3 is 5.11 Å². The van der Waals surface area contributed by atoms with Crippen molar-refractivity contribution in [3.8, 4) is 0 Å². The molecular formula is C29H48O. The molecule has 0 spiro atoms. The highest BCUT2D eigenvalue weighted by Crippen LogP contribution is 2.67. The molecule has 0 heterocycles. The van der Waals surface area contributed by atoms with Crippen molar-refractivity contribution in [2.75, 3.05) is 0 Å². The van der Waals surface area contributed by atoms with Crippen molar-refractivity contribution in [2.24, 2.45) is 52.3 Å². The summed E-state index contributed by atoms with van der Waals surface area (Å²) in [5, 5.41) is 10.2. The maximum atomic E-state index is 10.2. The average Bonchev–Trinajstić information content (AvgIpc) is 3.06. The molecule has 0 unspecified atom stereocenters. The summed E-state index contributed by atoms with van der Waals surface area (Å²) in [7, 11) is 0. The van der Waals surface area contributed by atoms with E-state index in [1.807, 2.05) is 0 Å². The van der Waals surface area contributed by atoms with E-state index in [0.717, 1.165) is 48.3 Å². The summed E-state index contributed by atoms with van der Waals surface area (Å²) in [5.74, 6) is 5.70. The summed E-state index contributed by atoms with van der Waals surface area (Å²) >= 11 is 0. The SMILES string of the molecule is CC[C@@H](/C=C/[C@@H](C)[C@H]1CC[C@H]2[C@@H]3CC=C4C[C@H](O)CC[C@]4(C)[C@H]3CC[C@]12C)C(C)C. The van der Waals surface area contributed by atoms with Gasteiger partial charge in [0.25, 0.3) is 0 Å². The van der Waals surface area contributed by atoms with Crippen molar-refractivity contribution >= 4 is 0 Å². The Labute approximate surface area is 186 Å². The van der Waals surface area contributed by atoms with Gasteiger partial charge in [0.1, 0.15) is 0 Å². The molecule has 0 aliphatic heterocycles. The first-order chi connectivity index (χ1) is 14.2. The molecule has 0 aromatic carbocycles. The lowest BCUT2D eigenvalue weighted by molar-refractivity contribution is -0.0540. The van der Waals surface area contributed by atoms with Gasteiger partial charge in [0.15, 0.2) is 0 Å². The molecule has 1 N–H and O–H groups in total. The minimum absolute atomic E-state index is 0.0870. The number of allylic oxidation sites excluding steroid dienone is 3. The standard InChI is InChI=1S/C29H48O/c1-7-21(19(2)3)9-8-20(4)25-12-13-26-24-11-10-22-18-23(30)14-16-28(22,5)27(24)15-17-29(25,26)6/h8-10,19-21,23-27,30H,7,11-18H2,1-6H3/b9-8+/t20-,21+,23-,24+,25-,26+,27+,28+,29-/m1/s1. The summed E-state index contributed by atoms with van der Waals surface area (Å²) in [4.78, 5) is 0. The number of hydrogen-bond donors (Lipinski definition) is 1. The molecular weight excluding hydrogens is 364 g/mol. The Hall–Kier alpha value is -0.560. The number of rotatable bonds is 5. The van der Waals surface area contributed by atoms with E-state index in [1.165, 1.54) is 44.9 Å². The van der Waals surface area contributed by atoms with E-state index in [1.54, 1.807) is 5.57 Å². The second-order valence-electron chi connectivity index (χ2n) is 12.4. The van der Waals surface area contributed by atoms with Crippen molar-refractivity contribution in [3.63, 3.8) is 0 Å². The Balaban J connectivity index is 1.52. The molecule has 30 heavy (non-hydrogen) atoms.